The Labute approximate surface area is 206 Å². The number of nitrogens with zero attached hydrogens (tertiary/aromatic N) is 2. The Kier molecular flexibility index (Phi) is 5.59. The van der Waals surface area contributed by atoms with E-state index in [-0.39, 0.29) is 5.78 Å². The van der Waals surface area contributed by atoms with Crippen molar-refractivity contribution in [2.45, 2.75) is 18.0 Å². The summed E-state index contributed by atoms with van der Waals surface area (Å²) in [6.07, 6.45) is 3.77. The van der Waals surface area contributed by atoms with Crippen molar-refractivity contribution in [2.75, 3.05) is 7.11 Å². The molecule has 34 heavy (non-hydrogen) atoms. The normalized spacial score (nSPS) is 24.6. The minimum absolute atomic E-state index is 0.149. The summed E-state index contributed by atoms with van der Waals surface area (Å²) in [6, 6.07) is 25.0. The van der Waals surface area contributed by atoms with Gasteiger partial charge in [-0.1, -0.05) is 82.7 Å². The summed E-state index contributed by atoms with van der Waals surface area (Å²) in [7, 11) is 1.29. The largest absolute Gasteiger partial charge is 0.468 e. The van der Waals surface area contributed by atoms with E-state index >= 15 is 0 Å². The van der Waals surface area contributed by atoms with Crippen molar-refractivity contribution in [3.05, 3.63) is 112 Å². The van der Waals surface area contributed by atoms with Crippen molar-refractivity contribution in [1.29, 1.82) is 5.26 Å². The van der Waals surface area contributed by atoms with E-state index in [1.54, 1.807) is 12.1 Å². The van der Waals surface area contributed by atoms with E-state index in [2.05, 4.69) is 22.0 Å². The maximum atomic E-state index is 14.0. The van der Waals surface area contributed by atoms with E-state index in [0.717, 1.165) is 21.2 Å². The molecule has 5 nitrogen and oxygen atoms in total. The fraction of sp³-hybridized carbons (Fsp3) is 0.179. The van der Waals surface area contributed by atoms with Crippen molar-refractivity contribution < 1.29 is 14.3 Å². The third-order valence-electron chi connectivity index (χ3n) is 6.84. The van der Waals surface area contributed by atoms with Gasteiger partial charge in [0, 0.05) is 22.2 Å². The van der Waals surface area contributed by atoms with E-state index in [1.807, 2.05) is 83.9 Å². The van der Waals surface area contributed by atoms with Gasteiger partial charge >= 0.3 is 5.97 Å². The average Bonchev–Trinajstić information content (AvgIpc) is 3.20. The Hall–Kier alpha value is -3.69. The molecule has 2 heterocycles. The molecule has 4 atom stereocenters. The van der Waals surface area contributed by atoms with Gasteiger partial charge in [-0.15, -0.1) is 0 Å². The van der Waals surface area contributed by atoms with Gasteiger partial charge in [-0.05, 0) is 34.9 Å². The zero-order chi connectivity index (χ0) is 23.9. The van der Waals surface area contributed by atoms with Gasteiger partial charge in [0.1, 0.15) is 6.04 Å². The summed E-state index contributed by atoms with van der Waals surface area (Å²) in [5.74, 6) is -1.55. The molecule has 3 aromatic carbocycles. The summed E-state index contributed by atoms with van der Waals surface area (Å²) >= 11 is 3.46. The molecule has 0 spiro atoms. The number of halogens is 1. The fourth-order valence-corrected chi connectivity index (χ4v) is 5.67. The van der Waals surface area contributed by atoms with Crippen LogP contribution in [0.1, 0.15) is 39.0 Å². The van der Waals surface area contributed by atoms with E-state index in [0.29, 0.717) is 5.56 Å². The highest BCUT2D eigenvalue weighted by molar-refractivity contribution is 9.10. The molecule has 0 N–H and O–H groups in total. The maximum Gasteiger partial charge on any atom is 0.329 e. The molecule has 0 amide bonds. The Morgan fingerprint density at radius 2 is 1.68 bits per heavy atom. The Balaban J connectivity index is 1.81. The number of carbonyl (C=O) groups is 2. The third kappa shape index (κ3) is 3.19. The summed E-state index contributed by atoms with van der Waals surface area (Å²) in [6.45, 7) is 0. The minimum atomic E-state index is -1.64. The fourth-order valence-electron chi connectivity index (χ4n) is 5.41. The van der Waals surface area contributed by atoms with Gasteiger partial charge < -0.3 is 9.64 Å². The third-order valence-corrected chi connectivity index (χ3v) is 7.37. The number of fused-ring (bicyclic) bond motifs is 3. The molecule has 0 aromatic heterocycles. The van der Waals surface area contributed by atoms with Crippen LogP contribution in [0.2, 0.25) is 0 Å². The monoisotopic (exact) mass is 512 g/mol. The number of nitriles is 1. The quantitative estimate of drug-likeness (QED) is 0.340. The van der Waals surface area contributed by atoms with Crippen LogP contribution in [0.4, 0.5) is 0 Å². The van der Waals surface area contributed by atoms with Gasteiger partial charge in [0.25, 0.3) is 0 Å². The molecule has 0 unspecified atom stereocenters. The van der Waals surface area contributed by atoms with Crippen LogP contribution in [0.3, 0.4) is 0 Å². The highest BCUT2D eigenvalue weighted by atomic mass is 79.9. The standard InChI is InChI=1S/C28H21BrN2O3/c1-34-27(33)28(17-30)23(19-11-13-21(29)14-12-19)24(25(32)20-8-3-2-4-9-20)31-16-15-18-7-5-6-10-22(18)26(28)31/h2-16,23-24,26H,1H3/t23-,24+,26-,28-/m0/s1. The average molecular weight is 513 g/mol. The SMILES string of the molecule is COC(=O)[C@]1(C#N)[C@@H]2c3ccccc3C=CN2[C@@H](C(=O)c2ccccc2)[C@@H]1c1ccc(Br)cc1. The summed E-state index contributed by atoms with van der Waals surface area (Å²) < 4.78 is 6.13. The first-order chi connectivity index (χ1) is 16.5. The second-order valence-corrected chi connectivity index (χ2v) is 9.39. The highest BCUT2D eigenvalue weighted by Crippen LogP contribution is 2.60. The van der Waals surface area contributed by atoms with Crippen molar-refractivity contribution in [3.8, 4) is 6.07 Å². The highest BCUT2D eigenvalue weighted by Gasteiger charge is 2.67. The van der Waals surface area contributed by atoms with Crippen molar-refractivity contribution in [3.63, 3.8) is 0 Å². The predicted molar refractivity (Wildman–Crippen MR) is 132 cm³/mol. The molecule has 6 heteroatoms. The van der Waals surface area contributed by atoms with Gasteiger partial charge in [-0.2, -0.15) is 5.26 Å². The van der Waals surface area contributed by atoms with Gasteiger partial charge in [-0.25, -0.2) is 0 Å². The molecular weight excluding hydrogens is 492 g/mol. The number of hydrogen-bond donors (Lipinski definition) is 0. The number of rotatable bonds is 4. The van der Waals surface area contributed by atoms with E-state index in [4.69, 9.17) is 4.74 Å². The zero-order valence-electron chi connectivity index (χ0n) is 18.4. The first-order valence-electron chi connectivity index (χ1n) is 10.9. The molecule has 0 saturated carbocycles. The molecule has 2 aliphatic heterocycles. The van der Waals surface area contributed by atoms with Crippen molar-refractivity contribution in [1.82, 2.24) is 4.90 Å². The lowest BCUT2D eigenvalue weighted by molar-refractivity contribution is -0.151. The first kappa shape index (κ1) is 22.1. The summed E-state index contributed by atoms with van der Waals surface area (Å²) in [5.41, 5.74) is 1.35. The number of ketones is 1. The summed E-state index contributed by atoms with van der Waals surface area (Å²) in [4.78, 5) is 29.5. The Morgan fingerprint density at radius 3 is 2.35 bits per heavy atom. The molecule has 5 rings (SSSR count). The van der Waals surface area contributed by atoms with E-state index in [1.165, 1.54) is 7.11 Å². The van der Waals surface area contributed by atoms with Crippen LogP contribution >= 0.6 is 15.9 Å². The van der Waals surface area contributed by atoms with Gasteiger partial charge in [-0.3, -0.25) is 9.59 Å². The molecule has 2 aliphatic rings. The first-order valence-corrected chi connectivity index (χ1v) is 11.7. The number of ether oxygens (including phenoxy) is 1. The second kappa shape index (κ2) is 8.58. The van der Waals surface area contributed by atoms with Crippen molar-refractivity contribution in [2.24, 2.45) is 5.41 Å². The number of methoxy groups -OCH3 is 1. The number of carbonyl (C=O) groups excluding carboxylic acids is 2. The number of hydrogen-bond acceptors (Lipinski definition) is 5. The van der Waals surface area contributed by atoms with Crippen LogP contribution in [0, 0.1) is 16.7 Å². The van der Waals surface area contributed by atoms with Crippen LogP contribution < -0.4 is 0 Å². The molecule has 3 aromatic rings. The van der Waals surface area contributed by atoms with E-state index < -0.39 is 29.4 Å². The van der Waals surface area contributed by atoms with Gasteiger partial charge in [0.15, 0.2) is 11.2 Å². The van der Waals surface area contributed by atoms with Crippen molar-refractivity contribution >= 4 is 33.8 Å². The molecule has 0 bridgehead atoms. The Morgan fingerprint density at radius 1 is 1.00 bits per heavy atom. The molecule has 0 aliphatic carbocycles. The lowest BCUT2D eigenvalue weighted by Gasteiger charge is -2.36. The number of esters is 1. The van der Waals surface area contributed by atoms with Crippen LogP contribution in [0.15, 0.2) is 89.5 Å². The minimum Gasteiger partial charge on any atom is -0.468 e. The zero-order valence-corrected chi connectivity index (χ0v) is 20.0. The predicted octanol–water partition coefficient (Wildman–Crippen LogP) is 5.51. The van der Waals surface area contributed by atoms with Gasteiger partial charge in [0.05, 0.1) is 19.2 Å². The van der Waals surface area contributed by atoms with Gasteiger partial charge in [0.2, 0.25) is 0 Å². The van der Waals surface area contributed by atoms with E-state index in [9.17, 15) is 14.9 Å². The van der Waals surface area contributed by atoms with Crippen LogP contribution in [-0.2, 0) is 9.53 Å². The lowest BCUT2D eigenvalue weighted by atomic mass is 9.66. The smallest absolute Gasteiger partial charge is 0.329 e. The second-order valence-electron chi connectivity index (χ2n) is 8.47. The molecular formula is C28H21BrN2O3. The summed E-state index contributed by atoms with van der Waals surface area (Å²) in [5, 5.41) is 10.7. The topological polar surface area (TPSA) is 70.4 Å². The lowest BCUT2D eigenvalue weighted by Crippen LogP contribution is -2.41. The molecule has 1 fully saturated rings. The van der Waals surface area contributed by atoms with Crippen LogP contribution in [-0.4, -0.2) is 29.8 Å². The molecule has 168 valence electrons. The molecule has 1 saturated heterocycles. The molecule has 0 radical (unpaired) electrons. The van der Waals surface area contributed by atoms with Crippen LogP contribution in [0.25, 0.3) is 6.08 Å². The number of Topliss-reactive ketones (excluding diaryl/α,β-unsaturated/α-hetero) is 1. The maximum absolute atomic E-state index is 14.0. The Bertz CT molecular complexity index is 1330. The number of benzene rings is 3. The van der Waals surface area contributed by atoms with Crippen LogP contribution in [0.5, 0.6) is 0 Å².